The van der Waals surface area contributed by atoms with Crippen molar-refractivity contribution in [3.8, 4) is 11.1 Å². The van der Waals surface area contributed by atoms with E-state index in [0.717, 1.165) is 0 Å². The smallest absolute Gasteiger partial charge is 0.134 e. The summed E-state index contributed by atoms with van der Waals surface area (Å²) in [5, 5.41) is 0. The van der Waals surface area contributed by atoms with Gasteiger partial charge in [0.2, 0.25) is 0 Å². The van der Waals surface area contributed by atoms with Gasteiger partial charge in [0.25, 0.3) is 0 Å². The number of carbonyl (C=O) groups is 2. The van der Waals surface area contributed by atoms with E-state index in [-0.39, 0.29) is 10.8 Å². The molecule has 0 N–H and O–H groups in total. The normalized spacial score (nSPS) is 31.5. The molecular formula is C20H16O2. The summed E-state index contributed by atoms with van der Waals surface area (Å²) >= 11 is 0. The molecule has 0 aromatic heterocycles. The predicted molar refractivity (Wildman–Crippen MR) is 83.7 cm³/mol. The Bertz CT molecular complexity index is 759. The minimum absolute atomic E-state index is 0.299. The molecule has 0 amide bonds. The van der Waals surface area contributed by atoms with E-state index >= 15 is 0 Å². The highest BCUT2D eigenvalue weighted by Crippen LogP contribution is 2.67. The molecule has 0 spiro atoms. The van der Waals surface area contributed by atoms with Crippen LogP contribution in [0.3, 0.4) is 0 Å². The van der Waals surface area contributed by atoms with Gasteiger partial charge in [-0.15, -0.1) is 0 Å². The summed E-state index contributed by atoms with van der Waals surface area (Å²) in [5.41, 5.74) is 4.24. The first-order chi connectivity index (χ1) is 10.7. The number of hydrogen-bond donors (Lipinski definition) is 0. The van der Waals surface area contributed by atoms with E-state index in [4.69, 9.17) is 0 Å². The SMILES string of the molecule is O=C1C[C@]23CC(=O)C[C@@]2(C1)c1ccccc1-c1ccccc13. The molecule has 0 aliphatic heterocycles. The van der Waals surface area contributed by atoms with Crippen molar-refractivity contribution >= 4 is 11.6 Å². The summed E-state index contributed by atoms with van der Waals surface area (Å²) in [6.45, 7) is 0. The van der Waals surface area contributed by atoms with Crippen LogP contribution in [0.15, 0.2) is 48.5 Å². The van der Waals surface area contributed by atoms with Crippen LogP contribution in [0.25, 0.3) is 11.1 Å². The minimum atomic E-state index is -0.299. The lowest BCUT2D eigenvalue weighted by Crippen LogP contribution is -2.43. The summed E-state index contributed by atoms with van der Waals surface area (Å²) in [7, 11) is 0. The van der Waals surface area contributed by atoms with Crippen LogP contribution in [0.1, 0.15) is 36.8 Å². The molecule has 0 bridgehead atoms. The molecule has 0 unspecified atom stereocenters. The third-order valence-electron chi connectivity index (χ3n) is 6.09. The van der Waals surface area contributed by atoms with E-state index in [2.05, 4.69) is 24.3 Å². The molecule has 3 aliphatic carbocycles. The minimum Gasteiger partial charge on any atom is -0.300 e. The van der Waals surface area contributed by atoms with E-state index in [1.54, 1.807) is 0 Å². The Hall–Kier alpha value is -2.22. The third kappa shape index (κ3) is 1.19. The van der Waals surface area contributed by atoms with Crippen LogP contribution in [0.5, 0.6) is 0 Å². The van der Waals surface area contributed by atoms with Crippen LogP contribution in [0, 0.1) is 0 Å². The van der Waals surface area contributed by atoms with Crippen molar-refractivity contribution in [3.05, 3.63) is 59.7 Å². The Labute approximate surface area is 129 Å². The number of benzene rings is 2. The monoisotopic (exact) mass is 288 g/mol. The zero-order valence-electron chi connectivity index (χ0n) is 12.3. The maximum Gasteiger partial charge on any atom is 0.134 e. The Morgan fingerprint density at radius 2 is 0.955 bits per heavy atom. The van der Waals surface area contributed by atoms with E-state index in [0.29, 0.717) is 37.2 Å². The Morgan fingerprint density at radius 3 is 1.36 bits per heavy atom. The molecule has 0 heterocycles. The van der Waals surface area contributed by atoms with E-state index in [1.165, 1.54) is 22.3 Å². The van der Waals surface area contributed by atoms with Gasteiger partial charge < -0.3 is 0 Å². The highest BCUT2D eigenvalue weighted by molar-refractivity contribution is 5.99. The van der Waals surface area contributed by atoms with Gasteiger partial charge in [-0.1, -0.05) is 48.5 Å². The van der Waals surface area contributed by atoms with Crippen molar-refractivity contribution in [2.45, 2.75) is 36.5 Å². The van der Waals surface area contributed by atoms with Crippen LogP contribution in [-0.4, -0.2) is 11.6 Å². The summed E-state index contributed by atoms with van der Waals surface area (Å²) in [5.74, 6) is 0.609. The molecule has 22 heavy (non-hydrogen) atoms. The first kappa shape index (κ1) is 12.3. The Balaban J connectivity index is 1.96. The van der Waals surface area contributed by atoms with Crippen LogP contribution >= 0.6 is 0 Å². The number of ketones is 2. The summed E-state index contributed by atoms with van der Waals surface area (Å²) < 4.78 is 0. The number of Topliss-reactive ketones (excluding diaryl/α,β-unsaturated/α-hetero) is 2. The van der Waals surface area contributed by atoms with Crippen molar-refractivity contribution in [1.29, 1.82) is 0 Å². The maximum atomic E-state index is 12.4. The highest BCUT2D eigenvalue weighted by atomic mass is 16.1. The lowest BCUT2D eigenvalue weighted by atomic mass is 9.55. The lowest BCUT2D eigenvalue weighted by Gasteiger charge is -2.46. The standard InChI is InChI=1S/C20H16O2/c21-13-9-19-10-14(22)12-20(19,11-13)18-8-4-2-6-16(18)15-5-1-3-7-17(15)19/h1-8H,9-12H2/t19-,20+. The van der Waals surface area contributed by atoms with Crippen molar-refractivity contribution in [2.75, 3.05) is 0 Å². The molecule has 2 aromatic carbocycles. The molecule has 3 aliphatic rings. The largest absolute Gasteiger partial charge is 0.300 e. The third-order valence-corrected chi connectivity index (χ3v) is 6.09. The van der Waals surface area contributed by atoms with Gasteiger partial charge in [-0.2, -0.15) is 0 Å². The molecule has 0 atom stereocenters. The van der Waals surface area contributed by atoms with Crippen molar-refractivity contribution in [1.82, 2.24) is 0 Å². The van der Waals surface area contributed by atoms with Gasteiger partial charge >= 0.3 is 0 Å². The van der Waals surface area contributed by atoms with Gasteiger partial charge in [0.05, 0.1) is 0 Å². The molecule has 2 aromatic rings. The van der Waals surface area contributed by atoms with Crippen molar-refractivity contribution in [3.63, 3.8) is 0 Å². The second-order valence-corrected chi connectivity index (χ2v) is 7.04. The zero-order valence-corrected chi connectivity index (χ0v) is 12.3. The number of hydrogen-bond acceptors (Lipinski definition) is 2. The van der Waals surface area contributed by atoms with Gasteiger partial charge in [-0.3, -0.25) is 9.59 Å². The topological polar surface area (TPSA) is 34.1 Å². The van der Waals surface area contributed by atoms with Crippen LogP contribution in [0.2, 0.25) is 0 Å². The molecule has 2 nitrogen and oxygen atoms in total. The second kappa shape index (κ2) is 3.75. The average molecular weight is 288 g/mol. The van der Waals surface area contributed by atoms with E-state index in [1.807, 2.05) is 24.3 Å². The van der Waals surface area contributed by atoms with Crippen molar-refractivity contribution < 1.29 is 9.59 Å². The van der Waals surface area contributed by atoms with Gasteiger partial charge in [-0.25, -0.2) is 0 Å². The summed E-state index contributed by atoms with van der Waals surface area (Å²) in [6, 6.07) is 16.7. The molecule has 5 rings (SSSR count). The predicted octanol–water partition coefficient (Wildman–Crippen LogP) is 3.57. The highest BCUT2D eigenvalue weighted by Gasteiger charge is 2.67. The molecule has 2 saturated carbocycles. The molecular weight excluding hydrogens is 272 g/mol. The van der Waals surface area contributed by atoms with Crippen LogP contribution in [-0.2, 0) is 20.4 Å². The average Bonchev–Trinajstić information content (AvgIpc) is 2.96. The number of fused-ring (bicyclic) bond motifs is 3. The molecule has 2 heteroatoms. The lowest BCUT2D eigenvalue weighted by molar-refractivity contribution is -0.120. The Morgan fingerprint density at radius 1 is 0.591 bits per heavy atom. The van der Waals surface area contributed by atoms with Gasteiger partial charge in [-0.05, 0) is 22.3 Å². The molecule has 2 fully saturated rings. The molecule has 108 valence electrons. The van der Waals surface area contributed by atoms with Gasteiger partial charge in [0, 0.05) is 36.5 Å². The Kier molecular flexibility index (Phi) is 2.10. The van der Waals surface area contributed by atoms with E-state index in [9.17, 15) is 9.59 Å². The fourth-order valence-corrected chi connectivity index (χ4v) is 5.44. The molecule has 0 radical (unpaired) electrons. The van der Waals surface area contributed by atoms with Gasteiger partial charge in [0.1, 0.15) is 11.6 Å². The molecule has 0 saturated heterocycles. The fraction of sp³-hybridized carbons (Fsp3) is 0.300. The second-order valence-electron chi connectivity index (χ2n) is 7.04. The first-order valence-corrected chi connectivity index (χ1v) is 7.89. The fourth-order valence-electron chi connectivity index (χ4n) is 5.44. The first-order valence-electron chi connectivity index (χ1n) is 7.89. The number of rotatable bonds is 0. The maximum absolute atomic E-state index is 12.4. The van der Waals surface area contributed by atoms with Crippen LogP contribution in [0.4, 0.5) is 0 Å². The quantitative estimate of drug-likeness (QED) is 0.742. The van der Waals surface area contributed by atoms with Crippen molar-refractivity contribution in [2.24, 2.45) is 0 Å². The summed E-state index contributed by atoms with van der Waals surface area (Å²) in [4.78, 5) is 24.9. The van der Waals surface area contributed by atoms with Gasteiger partial charge in [0.15, 0.2) is 0 Å². The zero-order chi connectivity index (χ0) is 14.9. The summed E-state index contributed by atoms with van der Waals surface area (Å²) in [6.07, 6.45) is 2.07. The van der Waals surface area contributed by atoms with Crippen LogP contribution < -0.4 is 0 Å². The number of carbonyl (C=O) groups excluding carboxylic acids is 2. The van der Waals surface area contributed by atoms with E-state index < -0.39 is 0 Å².